The molecule has 2 rings (SSSR count). The molecule has 2 aromatic rings. The molecule has 0 bridgehead atoms. The van der Waals surface area contributed by atoms with E-state index in [1.54, 1.807) is 11.3 Å². The average Bonchev–Trinajstić information content (AvgIpc) is 2.76. The fourth-order valence-corrected chi connectivity index (χ4v) is 4.62. The second kappa shape index (κ2) is 8.08. The van der Waals surface area contributed by atoms with Gasteiger partial charge in [-0.1, -0.05) is 41.1 Å². The summed E-state index contributed by atoms with van der Waals surface area (Å²) >= 11 is 12.6. The van der Waals surface area contributed by atoms with Gasteiger partial charge in [-0.15, -0.1) is 11.3 Å². The first-order valence-corrected chi connectivity index (χ1v) is 9.73. The zero-order valence-electron chi connectivity index (χ0n) is 11.1. The van der Waals surface area contributed by atoms with E-state index in [0.717, 1.165) is 27.6 Å². The van der Waals surface area contributed by atoms with Crippen molar-refractivity contribution in [3.8, 4) is 0 Å². The largest absolute Gasteiger partial charge is 0.309 e. The van der Waals surface area contributed by atoms with Gasteiger partial charge in [-0.25, -0.2) is 0 Å². The summed E-state index contributed by atoms with van der Waals surface area (Å²) in [5, 5.41) is 3.65. The van der Waals surface area contributed by atoms with Gasteiger partial charge in [0, 0.05) is 19.9 Å². The van der Waals surface area contributed by atoms with Crippen molar-refractivity contribution >= 4 is 59.1 Å². The molecule has 0 fully saturated rings. The van der Waals surface area contributed by atoms with Gasteiger partial charge in [0.1, 0.15) is 0 Å². The lowest BCUT2D eigenvalue weighted by Gasteiger charge is -2.18. The lowest BCUT2D eigenvalue weighted by atomic mass is 10.0. The van der Waals surface area contributed by atoms with E-state index in [1.165, 1.54) is 14.9 Å². The Bertz CT molecular complexity index is 548. The standard InChI is InChI=1S/C15H16Br3NS/c1-2-7-19-13(14-9-12(17)15(18)20-14)8-10-5-3-4-6-11(10)16/h3-6,9,13,19H,2,7-8H2,1H3. The van der Waals surface area contributed by atoms with Gasteiger partial charge >= 0.3 is 0 Å². The minimum absolute atomic E-state index is 0.348. The zero-order valence-corrected chi connectivity index (χ0v) is 16.7. The third-order valence-corrected chi connectivity index (χ3v) is 7.17. The molecule has 1 heterocycles. The number of benzene rings is 1. The van der Waals surface area contributed by atoms with Crippen LogP contribution in [0.1, 0.15) is 29.8 Å². The Morgan fingerprint density at radius 1 is 1.15 bits per heavy atom. The summed E-state index contributed by atoms with van der Waals surface area (Å²) in [5.41, 5.74) is 1.33. The van der Waals surface area contributed by atoms with E-state index in [-0.39, 0.29) is 0 Å². The molecule has 0 amide bonds. The molecule has 1 N–H and O–H groups in total. The summed E-state index contributed by atoms with van der Waals surface area (Å²) in [7, 11) is 0. The molecule has 0 saturated heterocycles. The van der Waals surface area contributed by atoms with E-state index in [0.29, 0.717) is 6.04 Å². The van der Waals surface area contributed by atoms with Crippen LogP contribution in [0.2, 0.25) is 0 Å². The van der Waals surface area contributed by atoms with E-state index in [1.807, 2.05) is 0 Å². The Balaban J connectivity index is 2.21. The van der Waals surface area contributed by atoms with Gasteiger partial charge in [-0.3, -0.25) is 0 Å². The highest BCUT2D eigenvalue weighted by Gasteiger charge is 2.17. The van der Waals surface area contributed by atoms with Crippen LogP contribution in [0.5, 0.6) is 0 Å². The smallest absolute Gasteiger partial charge is 0.0843 e. The Morgan fingerprint density at radius 2 is 1.90 bits per heavy atom. The minimum atomic E-state index is 0.348. The van der Waals surface area contributed by atoms with Gasteiger partial charge in [0.15, 0.2) is 0 Å². The maximum Gasteiger partial charge on any atom is 0.0843 e. The Hall–Kier alpha value is 0.320. The minimum Gasteiger partial charge on any atom is -0.309 e. The van der Waals surface area contributed by atoms with E-state index in [2.05, 4.69) is 90.4 Å². The first-order chi connectivity index (χ1) is 9.61. The van der Waals surface area contributed by atoms with E-state index in [4.69, 9.17) is 0 Å². The molecule has 1 aromatic carbocycles. The molecular formula is C15H16Br3NS. The number of thiophene rings is 1. The maximum absolute atomic E-state index is 3.65. The van der Waals surface area contributed by atoms with Crippen molar-refractivity contribution in [3.05, 3.63) is 53.5 Å². The fourth-order valence-electron chi connectivity index (χ4n) is 2.01. The van der Waals surface area contributed by atoms with Crippen LogP contribution in [0.15, 0.2) is 43.1 Å². The van der Waals surface area contributed by atoms with Crippen molar-refractivity contribution in [1.29, 1.82) is 0 Å². The topological polar surface area (TPSA) is 12.0 Å². The molecular weight excluding hydrogens is 466 g/mol. The lowest BCUT2D eigenvalue weighted by Crippen LogP contribution is -2.23. The van der Waals surface area contributed by atoms with Gasteiger partial charge < -0.3 is 5.32 Å². The zero-order chi connectivity index (χ0) is 14.5. The number of hydrogen-bond donors (Lipinski definition) is 1. The second-order valence-corrected chi connectivity index (χ2v) is 8.68. The lowest BCUT2D eigenvalue weighted by molar-refractivity contribution is 0.536. The van der Waals surface area contributed by atoms with Gasteiger partial charge in [-0.05, 0) is 68.9 Å². The molecule has 0 spiro atoms. The third-order valence-electron chi connectivity index (χ3n) is 3.03. The molecule has 1 aromatic heterocycles. The first kappa shape index (κ1) is 16.7. The normalized spacial score (nSPS) is 12.6. The molecule has 5 heteroatoms. The van der Waals surface area contributed by atoms with Crippen LogP contribution in [-0.4, -0.2) is 6.54 Å². The second-order valence-electron chi connectivity index (χ2n) is 4.57. The summed E-state index contributed by atoms with van der Waals surface area (Å²) in [5.74, 6) is 0. The molecule has 108 valence electrons. The van der Waals surface area contributed by atoms with Crippen molar-refractivity contribution in [1.82, 2.24) is 5.32 Å². The van der Waals surface area contributed by atoms with Crippen LogP contribution in [-0.2, 0) is 6.42 Å². The molecule has 1 unspecified atom stereocenters. The van der Waals surface area contributed by atoms with E-state index >= 15 is 0 Å². The summed E-state index contributed by atoms with van der Waals surface area (Å²) < 4.78 is 3.47. The molecule has 0 aliphatic carbocycles. The number of rotatable bonds is 6. The monoisotopic (exact) mass is 479 g/mol. The van der Waals surface area contributed by atoms with Crippen molar-refractivity contribution < 1.29 is 0 Å². The van der Waals surface area contributed by atoms with Crippen LogP contribution in [0.4, 0.5) is 0 Å². The third kappa shape index (κ3) is 4.41. The molecule has 0 aliphatic rings. The van der Waals surface area contributed by atoms with Crippen molar-refractivity contribution in [2.45, 2.75) is 25.8 Å². The van der Waals surface area contributed by atoms with Crippen LogP contribution >= 0.6 is 59.1 Å². The van der Waals surface area contributed by atoms with E-state index in [9.17, 15) is 0 Å². The van der Waals surface area contributed by atoms with Gasteiger partial charge in [-0.2, -0.15) is 0 Å². The molecule has 1 atom stereocenters. The predicted molar refractivity (Wildman–Crippen MR) is 98.6 cm³/mol. The maximum atomic E-state index is 3.65. The van der Waals surface area contributed by atoms with Crippen LogP contribution in [0.25, 0.3) is 0 Å². The quantitative estimate of drug-likeness (QED) is 0.509. The summed E-state index contributed by atoms with van der Waals surface area (Å²) in [6, 6.07) is 11.0. The van der Waals surface area contributed by atoms with Crippen molar-refractivity contribution in [2.75, 3.05) is 6.54 Å². The first-order valence-electron chi connectivity index (χ1n) is 6.53. The molecule has 1 nitrogen and oxygen atoms in total. The highest BCUT2D eigenvalue weighted by atomic mass is 79.9. The number of nitrogens with one attached hydrogen (secondary N) is 1. The van der Waals surface area contributed by atoms with E-state index < -0.39 is 0 Å². The Kier molecular flexibility index (Phi) is 6.75. The number of hydrogen-bond acceptors (Lipinski definition) is 2. The van der Waals surface area contributed by atoms with Crippen LogP contribution in [0.3, 0.4) is 0 Å². The fraction of sp³-hybridized carbons (Fsp3) is 0.333. The molecule has 0 aliphatic heterocycles. The summed E-state index contributed by atoms with van der Waals surface area (Å²) in [4.78, 5) is 1.35. The van der Waals surface area contributed by atoms with Gasteiger partial charge in [0.05, 0.1) is 3.79 Å². The van der Waals surface area contributed by atoms with Crippen molar-refractivity contribution in [3.63, 3.8) is 0 Å². The van der Waals surface area contributed by atoms with Gasteiger partial charge in [0.25, 0.3) is 0 Å². The molecule has 20 heavy (non-hydrogen) atoms. The predicted octanol–water partition coefficient (Wildman–Crippen LogP) is 6.32. The van der Waals surface area contributed by atoms with Gasteiger partial charge in [0.2, 0.25) is 0 Å². The number of halogens is 3. The summed E-state index contributed by atoms with van der Waals surface area (Å²) in [6.45, 7) is 3.23. The van der Waals surface area contributed by atoms with Crippen LogP contribution in [0, 0.1) is 0 Å². The SMILES string of the molecule is CCCNC(Cc1ccccc1Br)c1cc(Br)c(Br)s1. The molecule has 0 saturated carbocycles. The average molecular weight is 482 g/mol. The highest BCUT2D eigenvalue weighted by Crippen LogP contribution is 2.37. The Labute approximate surface area is 149 Å². The summed E-state index contributed by atoms with van der Waals surface area (Å²) in [6.07, 6.45) is 2.13. The highest BCUT2D eigenvalue weighted by molar-refractivity contribution is 9.13. The molecule has 0 radical (unpaired) electrons. The van der Waals surface area contributed by atoms with Crippen molar-refractivity contribution in [2.24, 2.45) is 0 Å². The Morgan fingerprint density at radius 3 is 2.50 bits per heavy atom. The van der Waals surface area contributed by atoms with Crippen LogP contribution < -0.4 is 5.32 Å².